The average Bonchev–Trinajstić information content (AvgIpc) is 3.31. The molecule has 0 fully saturated rings. The average molecular weight is 455 g/mol. The number of nitrogens with zero attached hydrogens (tertiary/aromatic N) is 4. The van der Waals surface area contributed by atoms with Gasteiger partial charge in [0.05, 0.1) is 17.6 Å². The first-order chi connectivity index (χ1) is 15.8. The van der Waals surface area contributed by atoms with Crippen molar-refractivity contribution < 1.29 is 27.2 Å². The predicted molar refractivity (Wildman–Crippen MR) is 111 cm³/mol. The molecule has 168 valence electrons. The van der Waals surface area contributed by atoms with Crippen LogP contribution in [0.5, 0.6) is 0 Å². The monoisotopic (exact) mass is 455 g/mol. The molecule has 3 aromatic heterocycles. The highest BCUT2D eigenvalue weighted by molar-refractivity contribution is 5.85. The number of carbonyl (C=O) groups excluding carboxylic acids is 1. The molecular formula is C22H16F3N5O3. The van der Waals surface area contributed by atoms with Crippen LogP contribution in [0.1, 0.15) is 17.0 Å². The highest BCUT2D eigenvalue weighted by atomic mass is 19.4. The fourth-order valence-electron chi connectivity index (χ4n) is 2.84. The number of carbonyl (C=O) groups is 1. The Morgan fingerprint density at radius 3 is 2.45 bits per heavy atom. The summed E-state index contributed by atoms with van der Waals surface area (Å²) in [6.07, 6.45) is -2.58. The molecule has 1 aromatic carbocycles. The Balaban J connectivity index is 1.35. The molecule has 11 heteroatoms. The van der Waals surface area contributed by atoms with Crippen LogP contribution in [0.3, 0.4) is 0 Å². The summed E-state index contributed by atoms with van der Waals surface area (Å²) in [5.41, 5.74) is 3.38. The number of pyridine rings is 2. The number of hydrogen-bond acceptors (Lipinski definition) is 7. The topological polar surface area (TPSA) is 103 Å². The number of nitrogens with one attached hydrogen (secondary N) is 1. The van der Waals surface area contributed by atoms with Crippen molar-refractivity contribution in [2.24, 2.45) is 0 Å². The van der Waals surface area contributed by atoms with Crippen molar-refractivity contribution in [3.8, 4) is 22.8 Å². The highest BCUT2D eigenvalue weighted by Gasteiger charge is 2.38. The van der Waals surface area contributed by atoms with Crippen LogP contribution in [0.15, 0.2) is 65.4 Å². The number of ether oxygens (including phenoxy) is 1. The molecule has 0 unspecified atom stereocenters. The first-order valence-electron chi connectivity index (χ1n) is 9.61. The van der Waals surface area contributed by atoms with Gasteiger partial charge in [-0.15, -0.1) is 0 Å². The highest BCUT2D eigenvalue weighted by Crippen LogP contribution is 2.29. The molecule has 4 rings (SSSR count). The lowest BCUT2D eigenvalue weighted by molar-refractivity contribution is -0.159. The molecule has 8 nitrogen and oxygen atoms in total. The molecule has 33 heavy (non-hydrogen) atoms. The van der Waals surface area contributed by atoms with Gasteiger partial charge in [0.2, 0.25) is 5.82 Å². The Labute approximate surface area is 185 Å². The van der Waals surface area contributed by atoms with Crippen LogP contribution >= 0.6 is 0 Å². The van der Waals surface area contributed by atoms with Crippen molar-refractivity contribution in [3.05, 3.63) is 77.9 Å². The Morgan fingerprint density at radius 1 is 1.06 bits per heavy atom. The number of rotatable bonds is 5. The SMILES string of the molecule is Cc1cc(-c2noc(C(F)(F)F)n2)ncc1NC(=O)OCc1ccc(-c2ccccc2)nc1. The number of anilines is 1. The van der Waals surface area contributed by atoms with E-state index in [1.165, 1.54) is 12.3 Å². The van der Waals surface area contributed by atoms with Gasteiger partial charge in [0.25, 0.3) is 0 Å². The van der Waals surface area contributed by atoms with Gasteiger partial charge < -0.3 is 9.26 Å². The minimum absolute atomic E-state index is 0.00153. The largest absolute Gasteiger partial charge is 0.471 e. The molecule has 1 N–H and O–H groups in total. The van der Waals surface area contributed by atoms with Gasteiger partial charge in [0.1, 0.15) is 12.3 Å². The molecule has 1 amide bonds. The lowest BCUT2D eigenvalue weighted by Crippen LogP contribution is -2.14. The second kappa shape index (κ2) is 9.07. The van der Waals surface area contributed by atoms with Crippen LogP contribution in [0.25, 0.3) is 22.8 Å². The van der Waals surface area contributed by atoms with Gasteiger partial charge in [0.15, 0.2) is 0 Å². The molecule has 0 spiro atoms. The zero-order valence-corrected chi connectivity index (χ0v) is 17.1. The fourth-order valence-corrected chi connectivity index (χ4v) is 2.84. The third-order valence-electron chi connectivity index (χ3n) is 4.51. The van der Waals surface area contributed by atoms with Gasteiger partial charge in [-0.2, -0.15) is 18.2 Å². The van der Waals surface area contributed by atoms with Crippen LogP contribution in [0, 0.1) is 6.92 Å². The summed E-state index contributed by atoms with van der Waals surface area (Å²) in [4.78, 5) is 23.8. The molecule has 0 aliphatic carbocycles. The van der Waals surface area contributed by atoms with Crippen molar-refractivity contribution >= 4 is 11.8 Å². The first kappa shape index (κ1) is 21.9. The number of alkyl halides is 3. The molecular weight excluding hydrogens is 439 g/mol. The summed E-state index contributed by atoms with van der Waals surface area (Å²) < 4.78 is 47.3. The minimum Gasteiger partial charge on any atom is -0.444 e. The van der Waals surface area contributed by atoms with E-state index < -0.39 is 18.2 Å². The van der Waals surface area contributed by atoms with E-state index in [0.717, 1.165) is 11.3 Å². The van der Waals surface area contributed by atoms with Crippen molar-refractivity contribution in [2.45, 2.75) is 19.7 Å². The molecule has 0 atom stereocenters. The maximum Gasteiger partial charge on any atom is 0.471 e. The van der Waals surface area contributed by atoms with Crippen molar-refractivity contribution in [1.82, 2.24) is 20.1 Å². The predicted octanol–water partition coefficient (Wildman–Crippen LogP) is 5.27. The van der Waals surface area contributed by atoms with Crippen LogP contribution < -0.4 is 5.32 Å². The van der Waals surface area contributed by atoms with Gasteiger partial charge in [-0.1, -0.05) is 41.6 Å². The fraction of sp³-hybridized carbons (Fsp3) is 0.136. The minimum atomic E-state index is -4.75. The summed E-state index contributed by atoms with van der Waals surface area (Å²) in [5, 5.41) is 5.82. The Hall–Kier alpha value is -4.28. The number of benzene rings is 1. The summed E-state index contributed by atoms with van der Waals surface area (Å²) in [7, 11) is 0. The molecule has 0 saturated carbocycles. The second-order valence-corrected chi connectivity index (χ2v) is 6.92. The number of aromatic nitrogens is 4. The second-order valence-electron chi connectivity index (χ2n) is 6.92. The van der Waals surface area contributed by atoms with E-state index in [1.807, 2.05) is 42.5 Å². The summed E-state index contributed by atoms with van der Waals surface area (Å²) in [6.45, 7) is 1.64. The van der Waals surface area contributed by atoms with E-state index in [0.29, 0.717) is 16.8 Å². The normalized spacial score (nSPS) is 11.3. The Bertz CT molecular complexity index is 1260. The van der Waals surface area contributed by atoms with Gasteiger partial charge in [-0.3, -0.25) is 15.3 Å². The lowest BCUT2D eigenvalue weighted by Gasteiger charge is -2.10. The summed E-state index contributed by atoms with van der Waals surface area (Å²) in [6, 6.07) is 14.7. The number of hydrogen-bond donors (Lipinski definition) is 1. The zero-order chi connectivity index (χ0) is 23.4. The summed E-state index contributed by atoms with van der Waals surface area (Å²) in [5.74, 6) is -1.78. The number of aryl methyl sites for hydroxylation is 1. The van der Waals surface area contributed by atoms with E-state index in [-0.39, 0.29) is 18.1 Å². The van der Waals surface area contributed by atoms with E-state index >= 15 is 0 Å². The zero-order valence-electron chi connectivity index (χ0n) is 17.1. The smallest absolute Gasteiger partial charge is 0.444 e. The molecule has 0 saturated heterocycles. The first-order valence-corrected chi connectivity index (χ1v) is 9.61. The third kappa shape index (κ3) is 5.32. The quantitative estimate of drug-likeness (QED) is 0.437. The van der Waals surface area contributed by atoms with E-state index in [1.54, 1.807) is 13.1 Å². The lowest BCUT2D eigenvalue weighted by atomic mass is 10.1. The van der Waals surface area contributed by atoms with Gasteiger partial charge in [-0.25, -0.2) is 4.79 Å². The maximum atomic E-state index is 12.6. The van der Waals surface area contributed by atoms with Crippen molar-refractivity contribution in [1.29, 1.82) is 0 Å². The van der Waals surface area contributed by atoms with Crippen LogP contribution in [0.2, 0.25) is 0 Å². The van der Waals surface area contributed by atoms with Gasteiger partial charge in [0, 0.05) is 17.3 Å². The van der Waals surface area contributed by atoms with Crippen molar-refractivity contribution in [2.75, 3.05) is 5.32 Å². The van der Waals surface area contributed by atoms with E-state index in [9.17, 15) is 18.0 Å². The molecule has 0 aliphatic rings. The van der Waals surface area contributed by atoms with Crippen LogP contribution in [0.4, 0.5) is 23.7 Å². The standard InChI is InChI=1S/C22H16F3N5O3/c1-13-9-17(19-29-20(33-30-19)22(23,24)25)27-11-18(13)28-21(31)32-12-14-7-8-16(26-10-14)15-5-3-2-4-6-15/h2-11H,12H2,1H3,(H,28,31). The van der Waals surface area contributed by atoms with E-state index in [4.69, 9.17) is 4.74 Å². The molecule has 0 bridgehead atoms. The van der Waals surface area contributed by atoms with Gasteiger partial charge in [-0.05, 0) is 24.6 Å². The van der Waals surface area contributed by atoms with Crippen LogP contribution in [-0.4, -0.2) is 26.2 Å². The summed E-state index contributed by atoms with van der Waals surface area (Å²) >= 11 is 0. The van der Waals surface area contributed by atoms with Gasteiger partial charge >= 0.3 is 18.2 Å². The van der Waals surface area contributed by atoms with Crippen LogP contribution in [-0.2, 0) is 17.5 Å². The molecule has 0 radical (unpaired) electrons. The molecule has 4 aromatic rings. The van der Waals surface area contributed by atoms with E-state index in [2.05, 4.69) is 29.9 Å². The van der Waals surface area contributed by atoms with Crippen molar-refractivity contribution in [3.63, 3.8) is 0 Å². The number of halogens is 3. The number of amides is 1. The Kier molecular flexibility index (Phi) is 6.03. The Morgan fingerprint density at radius 2 is 1.82 bits per heavy atom. The maximum absolute atomic E-state index is 12.6. The third-order valence-corrected chi connectivity index (χ3v) is 4.51. The molecule has 0 aliphatic heterocycles. The molecule has 3 heterocycles.